The molecule has 0 unspecified atom stereocenters. The van der Waals surface area contributed by atoms with Crippen molar-refractivity contribution >= 4 is 29.1 Å². The van der Waals surface area contributed by atoms with E-state index in [4.69, 9.17) is 11.6 Å². The Morgan fingerprint density at radius 3 is 2.59 bits per heavy atom. The molecule has 3 atom stereocenters. The third-order valence-electron chi connectivity index (χ3n) is 5.62. The van der Waals surface area contributed by atoms with Gasteiger partial charge in [-0.15, -0.1) is 0 Å². The lowest BCUT2D eigenvalue weighted by atomic mass is 9.84. The number of likely N-dealkylation sites (tertiary alicyclic amines) is 1. The van der Waals surface area contributed by atoms with Gasteiger partial charge in [0.1, 0.15) is 11.7 Å². The zero-order valence-corrected chi connectivity index (χ0v) is 15.5. The molecule has 7 nitrogen and oxygen atoms in total. The number of aromatic amines is 2. The van der Waals surface area contributed by atoms with Crippen molar-refractivity contribution in [1.29, 1.82) is 0 Å². The van der Waals surface area contributed by atoms with Crippen molar-refractivity contribution < 1.29 is 9.59 Å². The molecule has 0 radical (unpaired) electrons. The van der Waals surface area contributed by atoms with Crippen LogP contribution in [0.2, 0.25) is 5.02 Å². The molecule has 1 aromatic carbocycles. The topological polar surface area (TPSA) is 98.1 Å². The molecule has 2 amide bonds. The summed E-state index contributed by atoms with van der Waals surface area (Å²) in [6.45, 7) is 0. The number of rotatable bonds is 3. The summed E-state index contributed by atoms with van der Waals surface area (Å²) in [4.78, 5) is 39.6. The second-order valence-corrected chi connectivity index (χ2v) is 7.66. The number of hydrogen-bond acceptors (Lipinski definition) is 3. The predicted octanol–water partition coefficient (Wildman–Crippen LogP) is 2.77. The van der Waals surface area contributed by atoms with Crippen LogP contribution in [0.25, 0.3) is 0 Å². The molecule has 142 valence electrons. The van der Waals surface area contributed by atoms with Crippen LogP contribution in [-0.4, -0.2) is 39.0 Å². The van der Waals surface area contributed by atoms with Gasteiger partial charge >= 0.3 is 0 Å². The number of aromatic nitrogens is 2. The number of H-pyrrole nitrogens is 2. The van der Waals surface area contributed by atoms with Crippen molar-refractivity contribution in [3.63, 3.8) is 0 Å². The van der Waals surface area contributed by atoms with Crippen LogP contribution in [0.5, 0.6) is 0 Å². The second kappa shape index (κ2) is 7.23. The molecular weight excluding hydrogens is 368 g/mol. The van der Waals surface area contributed by atoms with Gasteiger partial charge in [-0.3, -0.25) is 19.5 Å². The largest absolute Gasteiger partial charge is 0.323 e. The number of amides is 2. The lowest BCUT2D eigenvalue weighted by molar-refractivity contribution is -0.120. The first-order valence-corrected chi connectivity index (χ1v) is 9.57. The summed E-state index contributed by atoms with van der Waals surface area (Å²) in [5, 5.41) is 8.17. The Morgan fingerprint density at radius 1 is 1.15 bits per heavy atom. The smallest absolute Gasteiger partial charge is 0.287 e. The molecule has 27 heavy (non-hydrogen) atoms. The van der Waals surface area contributed by atoms with E-state index in [1.807, 2.05) is 0 Å². The van der Waals surface area contributed by atoms with Crippen LogP contribution >= 0.6 is 11.6 Å². The van der Waals surface area contributed by atoms with Crippen molar-refractivity contribution in [3.8, 4) is 0 Å². The fourth-order valence-electron chi connectivity index (χ4n) is 4.34. The zero-order chi connectivity index (χ0) is 19.0. The van der Waals surface area contributed by atoms with Crippen LogP contribution < -0.4 is 10.9 Å². The summed E-state index contributed by atoms with van der Waals surface area (Å²) < 4.78 is 0. The molecule has 1 saturated carbocycles. The van der Waals surface area contributed by atoms with Gasteiger partial charge in [0.15, 0.2) is 0 Å². The minimum atomic E-state index is -0.587. The Morgan fingerprint density at radius 2 is 1.89 bits per heavy atom. The van der Waals surface area contributed by atoms with E-state index in [0.29, 0.717) is 22.9 Å². The number of anilines is 1. The van der Waals surface area contributed by atoms with Gasteiger partial charge in [0.2, 0.25) is 5.91 Å². The fraction of sp³-hybridized carbons (Fsp3) is 0.421. The minimum absolute atomic E-state index is 0.0576. The molecule has 1 aliphatic carbocycles. The van der Waals surface area contributed by atoms with Crippen molar-refractivity contribution in [2.24, 2.45) is 5.92 Å². The van der Waals surface area contributed by atoms with Gasteiger partial charge in [0.25, 0.3) is 11.5 Å². The SMILES string of the molecule is O=C(Nc1c[nH][nH]c1=O)[C@@H]1C[C@@H]2CCCC[C@@H]2N1C(=O)c1ccc(Cl)cc1. The third-order valence-corrected chi connectivity index (χ3v) is 5.87. The van der Waals surface area contributed by atoms with E-state index >= 15 is 0 Å². The molecule has 8 heteroatoms. The summed E-state index contributed by atoms with van der Waals surface area (Å²) in [5.74, 6) is -0.170. The molecule has 2 aromatic rings. The zero-order valence-electron chi connectivity index (χ0n) is 14.7. The summed E-state index contributed by atoms with van der Waals surface area (Å²) in [6, 6.07) is 6.20. The van der Waals surface area contributed by atoms with E-state index in [1.165, 1.54) is 6.20 Å². The predicted molar refractivity (Wildman–Crippen MR) is 102 cm³/mol. The van der Waals surface area contributed by atoms with E-state index in [2.05, 4.69) is 15.5 Å². The minimum Gasteiger partial charge on any atom is -0.323 e. The fourth-order valence-corrected chi connectivity index (χ4v) is 4.47. The quantitative estimate of drug-likeness (QED) is 0.754. The number of carbonyl (C=O) groups excluding carboxylic acids is 2. The van der Waals surface area contributed by atoms with Crippen LogP contribution in [0, 0.1) is 5.92 Å². The van der Waals surface area contributed by atoms with E-state index in [1.54, 1.807) is 29.2 Å². The van der Waals surface area contributed by atoms with Crippen molar-refractivity contribution in [3.05, 3.63) is 51.4 Å². The molecule has 1 aromatic heterocycles. The molecule has 1 saturated heterocycles. The van der Waals surface area contributed by atoms with Gasteiger partial charge < -0.3 is 15.3 Å². The van der Waals surface area contributed by atoms with Crippen LogP contribution in [0.15, 0.2) is 35.3 Å². The standard InChI is InChI=1S/C19H21ClN4O3/c20-13-7-5-11(6-8-13)19(27)24-15-4-2-1-3-12(15)9-16(24)18(26)22-14-10-21-23-17(14)25/h5-8,10,12,15-16H,1-4,9H2,(H,22,26)(H2,21,23,25)/t12-,15-,16-/m0/s1. The van der Waals surface area contributed by atoms with Crippen molar-refractivity contribution in [2.75, 3.05) is 5.32 Å². The first kappa shape index (κ1) is 17.9. The first-order chi connectivity index (χ1) is 13.0. The number of nitrogens with zero attached hydrogens (tertiary/aromatic N) is 1. The molecule has 2 heterocycles. The highest BCUT2D eigenvalue weighted by Gasteiger charge is 2.47. The Bertz CT molecular complexity index is 904. The maximum atomic E-state index is 13.2. The molecule has 1 aliphatic heterocycles. The average molecular weight is 389 g/mol. The van der Waals surface area contributed by atoms with Crippen LogP contribution in [-0.2, 0) is 4.79 Å². The normalized spacial score (nSPS) is 24.5. The van der Waals surface area contributed by atoms with E-state index in [-0.39, 0.29) is 23.5 Å². The van der Waals surface area contributed by atoms with E-state index in [0.717, 1.165) is 25.7 Å². The molecule has 0 spiro atoms. The lowest BCUT2D eigenvalue weighted by Gasteiger charge is -2.33. The average Bonchev–Trinajstić information content (AvgIpc) is 3.25. The van der Waals surface area contributed by atoms with Gasteiger partial charge in [-0.05, 0) is 49.4 Å². The van der Waals surface area contributed by atoms with Gasteiger partial charge in [0, 0.05) is 22.8 Å². The highest BCUT2D eigenvalue weighted by Crippen LogP contribution is 2.40. The van der Waals surface area contributed by atoms with Gasteiger partial charge in [-0.25, -0.2) is 0 Å². The van der Waals surface area contributed by atoms with Crippen LogP contribution in [0.1, 0.15) is 42.5 Å². The van der Waals surface area contributed by atoms with Gasteiger partial charge in [0.05, 0.1) is 0 Å². The van der Waals surface area contributed by atoms with E-state index < -0.39 is 11.6 Å². The maximum absolute atomic E-state index is 13.2. The highest BCUT2D eigenvalue weighted by atomic mass is 35.5. The third kappa shape index (κ3) is 3.39. The lowest BCUT2D eigenvalue weighted by Crippen LogP contribution is -2.48. The van der Waals surface area contributed by atoms with E-state index in [9.17, 15) is 14.4 Å². The summed E-state index contributed by atoms with van der Waals surface area (Å²) in [6.07, 6.45) is 6.13. The Labute approximate surface area is 161 Å². The molecule has 4 rings (SSSR count). The first-order valence-electron chi connectivity index (χ1n) is 9.20. The molecule has 0 bridgehead atoms. The molecule has 2 aliphatic rings. The van der Waals surface area contributed by atoms with Gasteiger partial charge in [-0.2, -0.15) is 0 Å². The van der Waals surface area contributed by atoms with Crippen LogP contribution in [0.3, 0.4) is 0 Å². The number of fused-ring (bicyclic) bond motifs is 1. The molecule has 2 fully saturated rings. The number of carbonyl (C=O) groups is 2. The van der Waals surface area contributed by atoms with Crippen molar-refractivity contribution in [1.82, 2.24) is 15.1 Å². The van der Waals surface area contributed by atoms with Gasteiger partial charge in [-0.1, -0.05) is 24.4 Å². The number of benzene rings is 1. The summed E-state index contributed by atoms with van der Waals surface area (Å²) in [5.41, 5.74) is 0.283. The second-order valence-electron chi connectivity index (χ2n) is 7.23. The van der Waals surface area contributed by atoms with Crippen LogP contribution in [0.4, 0.5) is 5.69 Å². The summed E-state index contributed by atoms with van der Waals surface area (Å²) >= 11 is 5.94. The Kier molecular flexibility index (Phi) is 4.78. The Balaban J connectivity index is 1.62. The Hall–Kier alpha value is -2.54. The highest BCUT2D eigenvalue weighted by molar-refractivity contribution is 6.30. The number of hydrogen-bond donors (Lipinski definition) is 3. The molecular formula is C19H21ClN4O3. The molecule has 3 N–H and O–H groups in total. The summed E-state index contributed by atoms with van der Waals surface area (Å²) in [7, 11) is 0. The maximum Gasteiger partial charge on any atom is 0.287 e. The number of halogens is 1. The number of nitrogens with one attached hydrogen (secondary N) is 3. The van der Waals surface area contributed by atoms with Crippen molar-refractivity contribution in [2.45, 2.75) is 44.2 Å². The monoisotopic (exact) mass is 388 g/mol.